The Morgan fingerprint density at radius 3 is 2.48 bits per heavy atom. The number of hydrogen-bond acceptors (Lipinski definition) is 5. The van der Waals surface area contributed by atoms with Crippen LogP contribution < -0.4 is 19.5 Å². The fraction of sp³-hybridized carbons (Fsp3) is 0.267. The molecule has 1 heterocycles. The van der Waals surface area contributed by atoms with Crippen molar-refractivity contribution in [3.63, 3.8) is 0 Å². The van der Waals surface area contributed by atoms with Gasteiger partial charge in [-0.3, -0.25) is 0 Å². The van der Waals surface area contributed by atoms with Crippen LogP contribution >= 0.6 is 0 Å². The van der Waals surface area contributed by atoms with Crippen LogP contribution in [0.1, 0.15) is 5.56 Å². The number of anilines is 1. The predicted octanol–water partition coefficient (Wildman–Crippen LogP) is 2.86. The summed E-state index contributed by atoms with van der Waals surface area (Å²) in [5.74, 6) is 1.11. The van der Waals surface area contributed by atoms with Gasteiger partial charge in [-0.1, -0.05) is 0 Å². The van der Waals surface area contributed by atoms with Gasteiger partial charge in [-0.2, -0.15) is 4.39 Å². The second kappa shape index (κ2) is 6.78. The lowest BCUT2D eigenvalue weighted by Crippen LogP contribution is -2.06. The number of nitrogens with one attached hydrogen (secondary N) is 1. The van der Waals surface area contributed by atoms with Gasteiger partial charge in [0.15, 0.2) is 11.6 Å². The van der Waals surface area contributed by atoms with E-state index in [1.165, 1.54) is 19.4 Å². The second-order valence-electron chi connectivity index (χ2n) is 4.21. The number of halogens is 1. The summed E-state index contributed by atoms with van der Waals surface area (Å²) in [6.45, 7) is 0.365. The molecule has 6 heteroatoms. The SMILES string of the molecule is COc1ccc(CNc2nccc(OC)c2F)c(OC)c1. The van der Waals surface area contributed by atoms with E-state index in [-0.39, 0.29) is 11.6 Å². The number of hydrogen-bond donors (Lipinski definition) is 1. The van der Waals surface area contributed by atoms with E-state index in [4.69, 9.17) is 14.2 Å². The Morgan fingerprint density at radius 2 is 1.81 bits per heavy atom. The molecule has 0 atom stereocenters. The largest absolute Gasteiger partial charge is 0.497 e. The second-order valence-corrected chi connectivity index (χ2v) is 4.21. The van der Waals surface area contributed by atoms with E-state index in [2.05, 4.69) is 10.3 Å². The minimum absolute atomic E-state index is 0.132. The first-order valence-corrected chi connectivity index (χ1v) is 6.33. The third kappa shape index (κ3) is 3.34. The monoisotopic (exact) mass is 292 g/mol. The van der Waals surface area contributed by atoms with Crippen LogP contribution in [0.4, 0.5) is 10.2 Å². The molecule has 0 aliphatic carbocycles. The van der Waals surface area contributed by atoms with Crippen LogP contribution in [0.25, 0.3) is 0 Å². The standard InChI is InChI=1S/C15H17FN2O3/c1-19-11-5-4-10(13(8-11)21-3)9-18-15-14(16)12(20-2)6-7-17-15/h4-8H,9H2,1-3H3,(H,17,18). The van der Waals surface area contributed by atoms with Gasteiger partial charge in [0.2, 0.25) is 5.82 Å². The molecule has 0 spiro atoms. The molecule has 0 bridgehead atoms. The van der Waals surface area contributed by atoms with Gasteiger partial charge in [0, 0.05) is 30.4 Å². The highest BCUT2D eigenvalue weighted by molar-refractivity contribution is 5.46. The number of benzene rings is 1. The maximum Gasteiger partial charge on any atom is 0.207 e. The van der Waals surface area contributed by atoms with Gasteiger partial charge in [-0.15, -0.1) is 0 Å². The number of methoxy groups -OCH3 is 3. The van der Waals surface area contributed by atoms with E-state index < -0.39 is 5.82 Å². The third-order valence-electron chi connectivity index (χ3n) is 3.01. The van der Waals surface area contributed by atoms with Crippen molar-refractivity contribution in [2.24, 2.45) is 0 Å². The molecular formula is C15H17FN2O3. The highest BCUT2D eigenvalue weighted by Crippen LogP contribution is 2.26. The Hall–Kier alpha value is -2.50. The highest BCUT2D eigenvalue weighted by atomic mass is 19.1. The van der Waals surface area contributed by atoms with E-state index in [0.717, 1.165) is 5.56 Å². The molecule has 0 aliphatic rings. The van der Waals surface area contributed by atoms with Crippen molar-refractivity contribution in [3.8, 4) is 17.2 Å². The van der Waals surface area contributed by atoms with Gasteiger partial charge in [0.1, 0.15) is 11.5 Å². The average Bonchev–Trinajstić information content (AvgIpc) is 2.53. The number of rotatable bonds is 6. The van der Waals surface area contributed by atoms with Crippen LogP contribution in [-0.2, 0) is 6.54 Å². The molecule has 0 unspecified atom stereocenters. The molecule has 5 nitrogen and oxygen atoms in total. The summed E-state index contributed by atoms with van der Waals surface area (Å²) in [4.78, 5) is 3.96. The zero-order valence-electron chi connectivity index (χ0n) is 12.1. The normalized spacial score (nSPS) is 10.1. The summed E-state index contributed by atoms with van der Waals surface area (Å²) in [7, 11) is 4.57. The van der Waals surface area contributed by atoms with Crippen molar-refractivity contribution < 1.29 is 18.6 Å². The first-order valence-electron chi connectivity index (χ1n) is 6.33. The fourth-order valence-electron chi connectivity index (χ4n) is 1.88. The van der Waals surface area contributed by atoms with Crippen LogP contribution in [0.3, 0.4) is 0 Å². The number of aromatic nitrogens is 1. The summed E-state index contributed by atoms with van der Waals surface area (Å²) >= 11 is 0. The van der Waals surface area contributed by atoms with Gasteiger partial charge in [0.05, 0.1) is 21.3 Å². The van der Waals surface area contributed by atoms with Gasteiger partial charge in [-0.05, 0) is 12.1 Å². The van der Waals surface area contributed by atoms with Crippen molar-refractivity contribution in [2.75, 3.05) is 26.6 Å². The fourth-order valence-corrected chi connectivity index (χ4v) is 1.88. The predicted molar refractivity (Wildman–Crippen MR) is 77.6 cm³/mol. The number of pyridine rings is 1. The van der Waals surface area contributed by atoms with E-state index >= 15 is 0 Å². The molecule has 0 radical (unpaired) electrons. The Kier molecular flexibility index (Phi) is 4.81. The van der Waals surface area contributed by atoms with Crippen LogP contribution in [0.15, 0.2) is 30.5 Å². The quantitative estimate of drug-likeness (QED) is 0.887. The molecule has 21 heavy (non-hydrogen) atoms. The van der Waals surface area contributed by atoms with E-state index in [1.54, 1.807) is 20.3 Å². The maximum absolute atomic E-state index is 14.0. The van der Waals surface area contributed by atoms with Gasteiger partial charge in [-0.25, -0.2) is 4.98 Å². The third-order valence-corrected chi connectivity index (χ3v) is 3.01. The van der Waals surface area contributed by atoms with Crippen LogP contribution in [-0.4, -0.2) is 26.3 Å². The number of nitrogens with zero attached hydrogens (tertiary/aromatic N) is 1. The minimum Gasteiger partial charge on any atom is -0.497 e. The van der Waals surface area contributed by atoms with Crippen LogP contribution in [0, 0.1) is 5.82 Å². The van der Waals surface area contributed by atoms with Crippen molar-refractivity contribution in [3.05, 3.63) is 41.8 Å². The molecule has 0 saturated carbocycles. The molecule has 1 aromatic heterocycles. The smallest absolute Gasteiger partial charge is 0.207 e. The molecule has 0 fully saturated rings. The van der Waals surface area contributed by atoms with Gasteiger partial charge >= 0.3 is 0 Å². The summed E-state index contributed by atoms with van der Waals surface area (Å²) in [5.41, 5.74) is 0.863. The lowest BCUT2D eigenvalue weighted by molar-refractivity contribution is 0.386. The zero-order chi connectivity index (χ0) is 15.2. The molecular weight excluding hydrogens is 275 g/mol. The Balaban J connectivity index is 2.16. The summed E-state index contributed by atoms with van der Waals surface area (Å²) in [6, 6.07) is 6.90. The topological polar surface area (TPSA) is 52.6 Å². The van der Waals surface area contributed by atoms with Crippen LogP contribution in [0.5, 0.6) is 17.2 Å². The summed E-state index contributed by atoms with van der Waals surface area (Å²) in [6.07, 6.45) is 1.48. The zero-order valence-corrected chi connectivity index (χ0v) is 12.1. The first-order chi connectivity index (χ1) is 10.2. The van der Waals surface area contributed by atoms with Crippen LogP contribution in [0.2, 0.25) is 0 Å². The van der Waals surface area contributed by atoms with Gasteiger partial charge < -0.3 is 19.5 Å². The van der Waals surface area contributed by atoms with E-state index in [1.807, 2.05) is 12.1 Å². The molecule has 112 valence electrons. The summed E-state index contributed by atoms with van der Waals surface area (Å²) in [5, 5.41) is 2.93. The molecule has 0 saturated heterocycles. The van der Waals surface area contributed by atoms with Crippen molar-refractivity contribution in [1.82, 2.24) is 4.98 Å². The molecule has 2 aromatic rings. The number of ether oxygens (including phenoxy) is 3. The molecule has 0 aliphatic heterocycles. The van der Waals surface area contributed by atoms with Gasteiger partial charge in [0.25, 0.3) is 0 Å². The van der Waals surface area contributed by atoms with E-state index in [9.17, 15) is 4.39 Å². The Morgan fingerprint density at radius 1 is 1.05 bits per heavy atom. The molecule has 1 aromatic carbocycles. The maximum atomic E-state index is 14.0. The molecule has 2 rings (SSSR count). The lowest BCUT2D eigenvalue weighted by atomic mass is 10.2. The molecule has 0 amide bonds. The van der Waals surface area contributed by atoms with Crippen molar-refractivity contribution >= 4 is 5.82 Å². The molecule has 1 N–H and O–H groups in total. The van der Waals surface area contributed by atoms with Crippen molar-refractivity contribution in [1.29, 1.82) is 0 Å². The Labute approximate surface area is 122 Å². The Bertz CT molecular complexity index is 620. The minimum atomic E-state index is -0.521. The lowest BCUT2D eigenvalue weighted by Gasteiger charge is -2.12. The first kappa shape index (κ1) is 14.9. The average molecular weight is 292 g/mol. The highest BCUT2D eigenvalue weighted by Gasteiger charge is 2.11. The van der Waals surface area contributed by atoms with E-state index in [0.29, 0.717) is 18.0 Å². The van der Waals surface area contributed by atoms with Crippen molar-refractivity contribution in [2.45, 2.75) is 6.54 Å². The summed E-state index contributed by atoms with van der Waals surface area (Å²) < 4.78 is 29.3.